The third-order valence-electron chi connectivity index (χ3n) is 2.97. The third-order valence-corrected chi connectivity index (χ3v) is 4.18. The molecule has 1 fully saturated rings. The van der Waals surface area contributed by atoms with Gasteiger partial charge in [-0.3, -0.25) is 4.79 Å². The number of thioether (sulfide) groups is 1. The predicted octanol–water partition coefficient (Wildman–Crippen LogP) is 3.29. The van der Waals surface area contributed by atoms with E-state index in [2.05, 4.69) is 6.07 Å². The topological polar surface area (TPSA) is 50.1 Å². The van der Waals surface area contributed by atoms with Gasteiger partial charge in [0.25, 0.3) is 0 Å². The molecule has 1 unspecified atom stereocenters. The molecule has 96 valence electrons. The molecule has 1 saturated carbocycles. The lowest BCUT2D eigenvalue weighted by atomic mass is 9.98. The molecule has 0 aromatic carbocycles. The number of hydrogen-bond donors (Lipinski definition) is 0. The highest BCUT2D eigenvalue weighted by Gasteiger charge is 2.21. The van der Waals surface area contributed by atoms with Crippen molar-refractivity contribution in [2.45, 2.75) is 63.2 Å². The summed E-state index contributed by atoms with van der Waals surface area (Å²) in [6.45, 7) is 1.89. The van der Waals surface area contributed by atoms with Crippen LogP contribution in [0.2, 0.25) is 0 Å². The van der Waals surface area contributed by atoms with Gasteiger partial charge in [0.05, 0.1) is 11.3 Å². The van der Waals surface area contributed by atoms with Crippen LogP contribution in [0.4, 0.5) is 0 Å². The van der Waals surface area contributed by atoms with Crippen LogP contribution in [-0.2, 0) is 9.53 Å². The first-order valence-corrected chi connectivity index (χ1v) is 7.48. The average Bonchev–Trinajstić information content (AvgIpc) is 2.35. The van der Waals surface area contributed by atoms with Gasteiger partial charge in [0, 0.05) is 6.42 Å². The van der Waals surface area contributed by atoms with Gasteiger partial charge >= 0.3 is 5.97 Å². The van der Waals surface area contributed by atoms with Crippen molar-refractivity contribution < 1.29 is 9.53 Å². The van der Waals surface area contributed by atoms with Crippen molar-refractivity contribution in [3.8, 4) is 6.07 Å². The SMILES string of the molecule is CC(SCCCC#N)C(=O)OC1CCCCC1. The largest absolute Gasteiger partial charge is 0.462 e. The fourth-order valence-corrected chi connectivity index (χ4v) is 2.78. The maximum atomic E-state index is 11.8. The van der Waals surface area contributed by atoms with E-state index in [0.29, 0.717) is 6.42 Å². The number of unbranched alkanes of at least 4 members (excludes halogenated alkanes) is 1. The Hall–Kier alpha value is -0.690. The monoisotopic (exact) mass is 255 g/mol. The van der Waals surface area contributed by atoms with Crippen LogP contribution in [0.15, 0.2) is 0 Å². The second-order valence-corrected chi connectivity index (χ2v) is 5.92. The van der Waals surface area contributed by atoms with Crippen LogP contribution < -0.4 is 0 Å². The van der Waals surface area contributed by atoms with Crippen LogP contribution >= 0.6 is 11.8 Å². The Morgan fingerprint density at radius 3 is 2.82 bits per heavy atom. The minimum absolute atomic E-state index is 0.0844. The number of carbonyl (C=O) groups is 1. The summed E-state index contributed by atoms with van der Waals surface area (Å²) in [5, 5.41) is 8.30. The van der Waals surface area contributed by atoms with Crippen LogP contribution in [-0.4, -0.2) is 23.1 Å². The second kappa shape index (κ2) is 8.41. The molecule has 0 spiro atoms. The van der Waals surface area contributed by atoms with E-state index < -0.39 is 0 Å². The van der Waals surface area contributed by atoms with Crippen LogP contribution in [0, 0.1) is 11.3 Å². The molecule has 4 heteroatoms. The molecule has 1 aliphatic rings. The highest BCUT2D eigenvalue weighted by Crippen LogP contribution is 2.22. The normalized spacial score (nSPS) is 18.4. The van der Waals surface area contributed by atoms with E-state index in [9.17, 15) is 4.79 Å². The molecule has 1 atom stereocenters. The van der Waals surface area contributed by atoms with Gasteiger partial charge in [0.1, 0.15) is 6.10 Å². The van der Waals surface area contributed by atoms with Gasteiger partial charge < -0.3 is 4.74 Å². The standard InChI is InChI=1S/C13H21NO2S/c1-11(17-10-6-5-9-14)13(15)16-12-7-3-2-4-8-12/h11-12H,2-8,10H2,1H3. The Balaban J connectivity index is 2.15. The molecule has 1 aliphatic carbocycles. The Morgan fingerprint density at radius 2 is 2.18 bits per heavy atom. The molecule has 0 aromatic rings. The number of ether oxygens (including phenoxy) is 1. The van der Waals surface area contributed by atoms with Gasteiger partial charge in [-0.1, -0.05) is 6.42 Å². The van der Waals surface area contributed by atoms with Gasteiger partial charge in [0.15, 0.2) is 0 Å². The van der Waals surface area contributed by atoms with E-state index in [0.717, 1.165) is 25.0 Å². The summed E-state index contributed by atoms with van der Waals surface area (Å²) in [6, 6.07) is 2.11. The summed E-state index contributed by atoms with van der Waals surface area (Å²) in [4.78, 5) is 11.8. The lowest BCUT2D eigenvalue weighted by Gasteiger charge is -2.23. The van der Waals surface area contributed by atoms with Crippen molar-refractivity contribution in [2.24, 2.45) is 0 Å². The predicted molar refractivity (Wildman–Crippen MR) is 69.7 cm³/mol. The van der Waals surface area contributed by atoms with Gasteiger partial charge in [-0.15, -0.1) is 11.8 Å². The summed E-state index contributed by atoms with van der Waals surface area (Å²) in [5.41, 5.74) is 0. The number of hydrogen-bond acceptors (Lipinski definition) is 4. The zero-order valence-electron chi connectivity index (χ0n) is 10.5. The lowest BCUT2D eigenvalue weighted by molar-refractivity contribution is -0.149. The van der Waals surface area contributed by atoms with E-state index in [4.69, 9.17) is 10.00 Å². The molecule has 0 bridgehead atoms. The van der Waals surface area contributed by atoms with Crippen LogP contribution in [0.25, 0.3) is 0 Å². The van der Waals surface area contributed by atoms with Crippen LogP contribution in [0.5, 0.6) is 0 Å². The fourth-order valence-electron chi connectivity index (χ4n) is 1.92. The Kier molecular flexibility index (Phi) is 7.11. The molecule has 0 radical (unpaired) electrons. The number of rotatable bonds is 6. The minimum atomic E-state index is -0.101. The molecule has 0 heterocycles. The van der Waals surface area contributed by atoms with Gasteiger partial charge in [0.2, 0.25) is 0 Å². The molecular formula is C13H21NO2S. The minimum Gasteiger partial charge on any atom is -0.462 e. The van der Waals surface area contributed by atoms with Gasteiger partial charge in [-0.25, -0.2) is 0 Å². The number of nitrogens with zero attached hydrogens (tertiary/aromatic N) is 1. The first-order valence-electron chi connectivity index (χ1n) is 6.43. The summed E-state index contributed by atoms with van der Waals surface area (Å²) in [6.07, 6.45) is 7.25. The lowest BCUT2D eigenvalue weighted by Crippen LogP contribution is -2.26. The van der Waals surface area contributed by atoms with Crippen molar-refractivity contribution in [1.29, 1.82) is 5.26 Å². The van der Waals surface area contributed by atoms with Crippen LogP contribution in [0.1, 0.15) is 51.9 Å². The number of nitriles is 1. The van der Waals surface area contributed by atoms with Gasteiger partial charge in [-0.05, 0) is 44.8 Å². The molecule has 0 amide bonds. The summed E-state index contributed by atoms with van der Waals surface area (Å²) < 4.78 is 5.49. The molecule has 3 nitrogen and oxygen atoms in total. The molecule has 17 heavy (non-hydrogen) atoms. The Bertz CT molecular complexity index is 269. The van der Waals surface area contributed by atoms with Gasteiger partial charge in [-0.2, -0.15) is 5.26 Å². The molecular weight excluding hydrogens is 234 g/mol. The quantitative estimate of drug-likeness (QED) is 0.540. The third kappa shape index (κ3) is 5.97. The maximum Gasteiger partial charge on any atom is 0.319 e. The number of esters is 1. The van der Waals surface area contributed by atoms with E-state index in [1.54, 1.807) is 11.8 Å². The van der Waals surface area contributed by atoms with E-state index in [-0.39, 0.29) is 17.3 Å². The molecule has 0 N–H and O–H groups in total. The summed E-state index contributed by atoms with van der Waals surface area (Å²) in [5.74, 6) is 0.771. The van der Waals surface area contributed by atoms with Crippen molar-refractivity contribution in [2.75, 3.05) is 5.75 Å². The summed E-state index contributed by atoms with van der Waals surface area (Å²) in [7, 11) is 0. The van der Waals surface area contributed by atoms with Crippen molar-refractivity contribution >= 4 is 17.7 Å². The maximum absolute atomic E-state index is 11.8. The smallest absolute Gasteiger partial charge is 0.319 e. The molecule has 1 rings (SSSR count). The van der Waals surface area contributed by atoms with E-state index in [1.165, 1.54) is 19.3 Å². The Labute approximate surface area is 108 Å². The molecule has 0 aromatic heterocycles. The number of carbonyl (C=O) groups excluding carboxylic acids is 1. The average molecular weight is 255 g/mol. The highest BCUT2D eigenvalue weighted by molar-refractivity contribution is 8.00. The second-order valence-electron chi connectivity index (χ2n) is 4.47. The first kappa shape index (κ1) is 14.4. The zero-order chi connectivity index (χ0) is 12.5. The van der Waals surface area contributed by atoms with Crippen molar-refractivity contribution in [1.82, 2.24) is 0 Å². The molecule has 0 aliphatic heterocycles. The Morgan fingerprint density at radius 1 is 1.47 bits per heavy atom. The van der Waals surface area contributed by atoms with Crippen LogP contribution in [0.3, 0.4) is 0 Å². The highest BCUT2D eigenvalue weighted by atomic mass is 32.2. The van der Waals surface area contributed by atoms with E-state index >= 15 is 0 Å². The fraction of sp³-hybridized carbons (Fsp3) is 0.846. The van der Waals surface area contributed by atoms with Crippen molar-refractivity contribution in [3.63, 3.8) is 0 Å². The molecule has 0 saturated heterocycles. The first-order chi connectivity index (χ1) is 8.24. The zero-order valence-corrected chi connectivity index (χ0v) is 11.3. The van der Waals surface area contributed by atoms with E-state index in [1.807, 2.05) is 6.92 Å². The summed E-state index contributed by atoms with van der Waals surface area (Å²) >= 11 is 1.59. The van der Waals surface area contributed by atoms with Crippen molar-refractivity contribution in [3.05, 3.63) is 0 Å².